The maximum Gasteiger partial charge on any atom is 0.255 e. The van der Waals surface area contributed by atoms with Crippen LogP contribution in [0.15, 0.2) is 22.3 Å². The van der Waals surface area contributed by atoms with E-state index in [2.05, 4.69) is 42.6 Å². The molecule has 4 heterocycles. The molecule has 140 valence electrons. The van der Waals surface area contributed by atoms with Gasteiger partial charge < -0.3 is 9.88 Å². The Kier molecular flexibility index (Phi) is 4.99. The molecule has 0 saturated carbocycles. The van der Waals surface area contributed by atoms with E-state index >= 15 is 0 Å². The van der Waals surface area contributed by atoms with Gasteiger partial charge in [0.2, 0.25) is 0 Å². The Morgan fingerprint density at radius 3 is 2.96 bits per heavy atom. The molecule has 0 spiro atoms. The zero-order valence-electron chi connectivity index (χ0n) is 15.9. The molecular weight excluding hydrogens is 344 g/mol. The van der Waals surface area contributed by atoms with Gasteiger partial charge in [-0.1, -0.05) is 19.9 Å². The van der Waals surface area contributed by atoms with Gasteiger partial charge in [0.25, 0.3) is 5.56 Å². The van der Waals surface area contributed by atoms with Crippen molar-refractivity contribution >= 4 is 11.3 Å². The minimum absolute atomic E-state index is 0.201. The molecule has 26 heavy (non-hydrogen) atoms. The molecule has 2 aliphatic rings. The quantitative estimate of drug-likeness (QED) is 0.877. The maximum absolute atomic E-state index is 13.0. The van der Waals surface area contributed by atoms with Crippen molar-refractivity contribution in [1.29, 1.82) is 0 Å². The lowest BCUT2D eigenvalue weighted by atomic mass is 9.84. The molecule has 0 unspecified atom stereocenters. The Labute approximate surface area is 159 Å². The lowest BCUT2D eigenvalue weighted by Gasteiger charge is -2.37. The molecule has 2 aromatic heterocycles. The number of thiazole rings is 1. The van der Waals surface area contributed by atoms with Gasteiger partial charge in [0.15, 0.2) is 0 Å². The van der Waals surface area contributed by atoms with Crippen LogP contribution in [0.1, 0.15) is 54.1 Å². The summed E-state index contributed by atoms with van der Waals surface area (Å²) in [6, 6.07) is 4.22. The molecule has 6 heteroatoms. The molecule has 2 aromatic rings. The third-order valence-electron chi connectivity index (χ3n) is 5.52. The largest absolute Gasteiger partial charge is 0.316 e. The van der Waals surface area contributed by atoms with Crippen molar-refractivity contribution in [1.82, 2.24) is 19.8 Å². The zero-order valence-corrected chi connectivity index (χ0v) is 16.7. The number of rotatable bonds is 5. The third-order valence-corrected chi connectivity index (χ3v) is 6.72. The highest BCUT2D eigenvalue weighted by atomic mass is 32.1. The fourth-order valence-electron chi connectivity index (χ4n) is 4.24. The van der Waals surface area contributed by atoms with Crippen LogP contribution < -0.4 is 10.9 Å². The van der Waals surface area contributed by atoms with Gasteiger partial charge >= 0.3 is 0 Å². The number of aromatic nitrogens is 2. The highest BCUT2D eigenvalue weighted by Crippen LogP contribution is 2.31. The summed E-state index contributed by atoms with van der Waals surface area (Å²) in [7, 11) is 2.07. The van der Waals surface area contributed by atoms with Crippen molar-refractivity contribution in [3.05, 3.63) is 49.8 Å². The van der Waals surface area contributed by atoms with Crippen LogP contribution in [0.4, 0.5) is 0 Å². The zero-order chi connectivity index (χ0) is 18.3. The second-order valence-electron chi connectivity index (χ2n) is 8.16. The number of pyridine rings is 1. The van der Waals surface area contributed by atoms with Gasteiger partial charge in [-0.3, -0.25) is 9.69 Å². The van der Waals surface area contributed by atoms with Gasteiger partial charge in [0.1, 0.15) is 0 Å². The molecule has 2 bridgehead atoms. The fourth-order valence-corrected chi connectivity index (χ4v) is 5.07. The summed E-state index contributed by atoms with van der Waals surface area (Å²) in [5.41, 5.74) is 3.40. The van der Waals surface area contributed by atoms with Crippen LogP contribution in [0.3, 0.4) is 0 Å². The van der Waals surface area contributed by atoms with Crippen LogP contribution >= 0.6 is 11.3 Å². The van der Waals surface area contributed by atoms with Crippen LogP contribution in [-0.2, 0) is 19.6 Å². The molecule has 2 atom stereocenters. The van der Waals surface area contributed by atoms with Crippen molar-refractivity contribution in [2.75, 3.05) is 20.1 Å². The first-order chi connectivity index (χ1) is 12.5. The first-order valence-corrected chi connectivity index (χ1v) is 10.5. The van der Waals surface area contributed by atoms with E-state index in [-0.39, 0.29) is 5.56 Å². The molecule has 0 radical (unpaired) electrons. The number of hydrogen-bond acceptors (Lipinski definition) is 5. The minimum Gasteiger partial charge on any atom is -0.316 e. The highest BCUT2D eigenvalue weighted by Gasteiger charge is 2.31. The lowest BCUT2D eigenvalue weighted by Crippen LogP contribution is -2.45. The number of fused-ring (bicyclic) bond motifs is 4. The Morgan fingerprint density at radius 2 is 2.19 bits per heavy atom. The Morgan fingerprint density at radius 1 is 1.35 bits per heavy atom. The normalized spacial score (nSPS) is 22.0. The molecule has 0 amide bonds. The van der Waals surface area contributed by atoms with E-state index < -0.39 is 0 Å². The summed E-state index contributed by atoms with van der Waals surface area (Å²) in [4.78, 5) is 19.9. The lowest BCUT2D eigenvalue weighted by molar-refractivity contribution is 0.254. The standard InChI is InChI=1S/C20H28N4OS/c1-13(2)19-22-17(12-26-19)11-23(3)10-15-4-5-18-16-6-14(7-21-8-16)9-24(18)20(15)25/h4-5,12-14,16,21H,6-11H2,1-3H3/t14-,16+/m0/s1. The highest BCUT2D eigenvalue weighted by molar-refractivity contribution is 7.09. The van der Waals surface area contributed by atoms with Crippen LogP contribution in [0.25, 0.3) is 0 Å². The predicted molar refractivity (Wildman–Crippen MR) is 106 cm³/mol. The number of hydrogen-bond donors (Lipinski definition) is 1. The van der Waals surface area contributed by atoms with Crippen molar-refractivity contribution in [3.8, 4) is 0 Å². The fraction of sp³-hybridized carbons (Fsp3) is 0.600. The topological polar surface area (TPSA) is 50.2 Å². The van der Waals surface area contributed by atoms with Crippen LogP contribution in [0.5, 0.6) is 0 Å². The summed E-state index contributed by atoms with van der Waals surface area (Å²) in [5.74, 6) is 1.56. The van der Waals surface area contributed by atoms with Crippen LogP contribution in [0, 0.1) is 5.92 Å². The van der Waals surface area contributed by atoms with Gasteiger partial charge in [-0.25, -0.2) is 4.98 Å². The maximum atomic E-state index is 13.0. The molecule has 2 aliphatic heterocycles. The summed E-state index contributed by atoms with van der Waals surface area (Å²) < 4.78 is 2.04. The van der Waals surface area contributed by atoms with E-state index in [1.54, 1.807) is 11.3 Å². The third kappa shape index (κ3) is 3.50. The summed E-state index contributed by atoms with van der Waals surface area (Å²) >= 11 is 1.73. The molecule has 1 N–H and O–H groups in total. The number of piperidine rings is 1. The van der Waals surface area contributed by atoms with Crippen LogP contribution in [-0.4, -0.2) is 34.6 Å². The van der Waals surface area contributed by atoms with E-state index in [1.165, 1.54) is 17.1 Å². The summed E-state index contributed by atoms with van der Waals surface area (Å²) in [6.45, 7) is 8.68. The van der Waals surface area contributed by atoms with E-state index in [4.69, 9.17) is 4.98 Å². The van der Waals surface area contributed by atoms with E-state index in [0.29, 0.717) is 24.3 Å². The Hall–Kier alpha value is -1.50. The van der Waals surface area contributed by atoms with Gasteiger partial charge in [-0.15, -0.1) is 11.3 Å². The first kappa shape index (κ1) is 17.9. The average Bonchev–Trinajstić information content (AvgIpc) is 3.07. The van der Waals surface area contributed by atoms with Crippen molar-refractivity contribution in [2.24, 2.45) is 5.92 Å². The molecular formula is C20H28N4OS. The van der Waals surface area contributed by atoms with Gasteiger partial charge in [0, 0.05) is 54.7 Å². The van der Waals surface area contributed by atoms with E-state index in [9.17, 15) is 4.79 Å². The molecule has 4 rings (SSSR count). The molecule has 5 nitrogen and oxygen atoms in total. The summed E-state index contributed by atoms with van der Waals surface area (Å²) in [6.07, 6.45) is 1.22. The Bertz CT molecular complexity index is 841. The molecule has 1 saturated heterocycles. The van der Waals surface area contributed by atoms with E-state index in [1.807, 2.05) is 10.6 Å². The van der Waals surface area contributed by atoms with Crippen LogP contribution in [0.2, 0.25) is 0 Å². The number of nitrogens with zero attached hydrogens (tertiary/aromatic N) is 3. The monoisotopic (exact) mass is 372 g/mol. The summed E-state index contributed by atoms with van der Waals surface area (Å²) in [5, 5.41) is 6.82. The Balaban J connectivity index is 1.49. The second-order valence-corrected chi connectivity index (χ2v) is 9.05. The van der Waals surface area contributed by atoms with E-state index in [0.717, 1.165) is 37.4 Å². The van der Waals surface area contributed by atoms with Gasteiger partial charge in [-0.05, 0) is 32.0 Å². The van der Waals surface area contributed by atoms with Crippen molar-refractivity contribution < 1.29 is 0 Å². The average molecular weight is 373 g/mol. The smallest absolute Gasteiger partial charge is 0.255 e. The molecule has 1 fully saturated rings. The van der Waals surface area contributed by atoms with Crippen molar-refractivity contribution in [2.45, 2.75) is 51.7 Å². The predicted octanol–water partition coefficient (Wildman–Crippen LogP) is 2.77. The molecule has 0 aromatic carbocycles. The molecule has 0 aliphatic carbocycles. The second kappa shape index (κ2) is 7.25. The van der Waals surface area contributed by atoms with Crippen molar-refractivity contribution in [3.63, 3.8) is 0 Å². The SMILES string of the molecule is CC(C)c1nc(CN(C)Cc2ccc3n(c2=O)C[C@@H]2CNC[C@H]3C2)cs1. The van der Waals surface area contributed by atoms with Gasteiger partial charge in [-0.2, -0.15) is 0 Å². The minimum atomic E-state index is 0.201. The number of nitrogens with one attached hydrogen (secondary N) is 1. The van der Waals surface area contributed by atoms with Gasteiger partial charge in [0.05, 0.1) is 10.7 Å². The first-order valence-electron chi connectivity index (χ1n) is 9.57.